The van der Waals surface area contributed by atoms with E-state index in [1.54, 1.807) is 44.2 Å². The van der Waals surface area contributed by atoms with Crippen LogP contribution in [0.25, 0.3) is 16.7 Å². The molecule has 0 spiro atoms. The molecule has 0 atom stereocenters. The molecule has 1 aliphatic rings. The molecule has 1 saturated carbocycles. The molecular weight excluding hydrogens is 477 g/mol. The zero-order valence-electron chi connectivity index (χ0n) is 20.9. The van der Waals surface area contributed by atoms with Gasteiger partial charge in [-0.3, -0.25) is 23.5 Å². The fraction of sp³-hybridized carbons (Fsp3) is 0.259. The van der Waals surface area contributed by atoms with Crippen LogP contribution in [0.5, 0.6) is 0 Å². The maximum absolute atomic E-state index is 15.2. The van der Waals surface area contributed by atoms with Crippen LogP contribution in [0.3, 0.4) is 0 Å². The molecule has 9 nitrogen and oxygen atoms in total. The van der Waals surface area contributed by atoms with Gasteiger partial charge >= 0.3 is 5.69 Å². The molecule has 190 valence electrons. The second kappa shape index (κ2) is 8.88. The van der Waals surface area contributed by atoms with Gasteiger partial charge in [-0.1, -0.05) is 12.1 Å². The largest absolute Gasteiger partial charge is 0.354 e. The van der Waals surface area contributed by atoms with Crippen molar-refractivity contribution in [2.75, 3.05) is 10.6 Å². The van der Waals surface area contributed by atoms with Crippen LogP contribution in [-0.4, -0.2) is 19.6 Å². The number of nitrogens with one attached hydrogen (secondary N) is 2. The van der Waals surface area contributed by atoms with E-state index in [4.69, 9.17) is 0 Å². The van der Waals surface area contributed by atoms with Crippen molar-refractivity contribution in [3.63, 3.8) is 0 Å². The number of carbonyl (C=O) groups excluding carboxylic acids is 1. The highest BCUT2D eigenvalue weighted by molar-refractivity contribution is 5.94. The van der Waals surface area contributed by atoms with E-state index in [0.29, 0.717) is 29.8 Å². The van der Waals surface area contributed by atoms with Crippen molar-refractivity contribution in [2.45, 2.75) is 39.7 Å². The average Bonchev–Trinajstić information content (AvgIpc) is 3.66. The second-order valence-corrected chi connectivity index (χ2v) is 9.43. The first-order valence-corrected chi connectivity index (χ1v) is 11.9. The molecule has 10 heteroatoms. The van der Waals surface area contributed by atoms with Crippen LogP contribution in [0.15, 0.2) is 56.8 Å². The van der Waals surface area contributed by atoms with Crippen molar-refractivity contribution in [3.05, 3.63) is 90.6 Å². The van der Waals surface area contributed by atoms with Crippen molar-refractivity contribution in [3.8, 4) is 5.69 Å². The number of hydrogen-bond acceptors (Lipinski definition) is 5. The van der Waals surface area contributed by atoms with Gasteiger partial charge in [0.05, 0.1) is 11.4 Å². The van der Waals surface area contributed by atoms with Gasteiger partial charge in [-0.05, 0) is 62.6 Å². The molecule has 2 aromatic carbocycles. The minimum absolute atomic E-state index is 0.00855. The first-order chi connectivity index (χ1) is 17.6. The fourth-order valence-electron chi connectivity index (χ4n) is 4.64. The van der Waals surface area contributed by atoms with Crippen molar-refractivity contribution in [1.82, 2.24) is 13.7 Å². The van der Waals surface area contributed by atoms with Gasteiger partial charge in [-0.2, -0.15) is 0 Å². The molecule has 5 rings (SSSR count). The van der Waals surface area contributed by atoms with E-state index in [9.17, 15) is 19.2 Å². The number of amides is 1. The van der Waals surface area contributed by atoms with Gasteiger partial charge in [0.25, 0.3) is 11.1 Å². The molecule has 1 aliphatic carbocycles. The first kappa shape index (κ1) is 24.2. The molecule has 2 N–H and O–H groups in total. The van der Waals surface area contributed by atoms with E-state index >= 15 is 4.39 Å². The van der Waals surface area contributed by atoms with Gasteiger partial charge < -0.3 is 10.6 Å². The maximum atomic E-state index is 15.2. The summed E-state index contributed by atoms with van der Waals surface area (Å²) in [5.74, 6) is -0.890. The third-order valence-electron chi connectivity index (χ3n) is 6.54. The highest BCUT2D eigenvalue weighted by Gasteiger charge is 2.32. The number of fused-ring (bicyclic) bond motifs is 1. The normalized spacial score (nSPS) is 13.1. The molecule has 2 heterocycles. The van der Waals surface area contributed by atoms with Crippen molar-refractivity contribution in [2.24, 2.45) is 7.05 Å². The minimum Gasteiger partial charge on any atom is -0.354 e. The minimum atomic E-state index is -0.694. The number of aromatic nitrogens is 3. The predicted molar refractivity (Wildman–Crippen MR) is 141 cm³/mol. The van der Waals surface area contributed by atoms with E-state index in [1.807, 2.05) is 0 Å². The zero-order valence-corrected chi connectivity index (χ0v) is 20.9. The zero-order chi connectivity index (χ0) is 26.6. The van der Waals surface area contributed by atoms with Crippen LogP contribution in [-0.2, 0) is 11.8 Å². The summed E-state index contributed by atoms with van der Waals surface area (Å²) in [6, 6.07) is 11.0. The number of hydrogen-bond donors (Lipinski definition) is 2. The van der Waals surface area contributed by atoms with Crippen LogP contribution >= 0.6 is 0 Å². The Bertz CT molecular complexity index is 1780. The molecule has 37 heavy (non-hydrogen) atoms. The van der Waals surface area contributed by atoms with Crippen LogP contribution in [0.4, 0.5) is 21.5 Å². The summed E-state index contributed by atoms with van der Waals surface area (Å²) >= 11 is 0. The number of carbonyl (C=O) groups is 1. The summed E-state index contributed by atoms with van der Waals surface area (Å²) in [5.41, 5.74) is 0.437. The summed E-state index contributed by atoms with van der Waals surface area (Å²) in [5, 5.41) is 5.95. The molecule has 1 amide bonds. The van der Waals surface area contributed by atoms with Crippen molar-refractivity contribution < 1.29 is 9.18 Å². The Morgan fingerprint density at radius 3 is 2.35 bits per heavy atom. The lowest BCUT2D eigenvalue weighted by Crippen LogP contribution is -2.42. The van der Waals surface area contributed by atoms with E-state index < -0.39 is 22.6 Å². The Kier molecular flexibility index (Phi) is 5.82. The molecule has 2 aromatic heterocycles. The van der Waals surface area contributed by atoms with E-state index in [1.165, 1.54) is 30.7 Å². The highest BCUT2D eigenvalue weighted by atomic mass is 19.1. The molecule has 4 aromatic rings. The second-order valence-electron chi connectivity index (χ2n) is 9.43. The van der Waals surface area contributed by atoms with Gasteiger partial charge in [0.1, 0.15) is 16.9 Å². The Morgan fingerprint density at radius 2 is 1.70 bits per heavy atom. The lowest BCUT2D eigenvalue weighted by molar-refractivity contribution is -0.114. The number of halogens is 1. The number of pyridine rings is 1. The molecule has 0 bridgehead atoms. The lowest BCUT2D eigenvalue weighted by atomic mass is 10.1. The Labute approximate surface area is 210 Å². The van der Waals surface area contributed by atoms with Gasteiger partial charge in [0.2, 0.25) is 5.91 Å². The van der Waals surface area contributed by atoms with Crippen LogP contribution in [0.2, 0.25) is 0 Å². The van der Waals surface area contributed by atoms with E-state index in [0.717, 1.165) is 9.13 Å². The predicted octanol–water partition coefficient (Wildman–Crippen LogP) is 3.64. The fourth-order valence-corrected chi connectivity index (χ4v) is 4.64. The van der Waals surface area contributed by atoms with E-state index in [-0.39, 0.29) is 39.9 Å². The molecule has 0 unspecified atom stereocenters. The third-order valence-corrected chi connectivity index (χ3v) is 6.54. The summed E-state index contributed by atoms with van der Waals surface area (Å²) in [7, 11) is 1.46. The van der Waals surface area contributed by atoms with Crippen molar-refractivity contribution in [1.29, 1.82) is 0 Å². The maximum Gasteiger partial charge on any atom is 0.337 e. The van der Waals surface area contributed by atoms with Crippen LogP contribution in [0.1, 0.15) is 36.9 Å². The summed E-state index contributed by atoms with van der Waals surface area (Å²) < 4.78 is 18.7. The van der Waals surface area contributed by atoms with Gasteiger partial charge in [-0.25, -0.2) is 13.8 Å². The Hall–Kier alpha value is -4.47. The molecule has 0 aliphatic heterocycles. The Morgan fingerprint density at radius 1 is 1.00 bits per heavy atom. The quantitative estimate of drug-likeness (QED) is 0.433. The number of benzene rings is 2. The number of aryl methyl sites for hydroxylation is 2. The number of anilines is 3. The topological polar surface area (TPSA) is 107 Å². The summed E-state index contributed by atoms with van der Waals surface area (Å²) in [4.78, 5) is 52.4. The van der Waals surface area contributed by atoms with Gasteiger partial charge in [0.15, 0.2) is 0 Å². The third kappa shape index (κ3) is 4.14. The summed E-state index contributed by atoms with van der Waals surface area (Å²) in [6.45, 7) is 4.71. The number of nitrogens with zero attached hydrogens (tertiary/aromatic N) is 3. The van der Waals surface area contributed by atoms with E-state index in [2.05, 4.69) is 10.6 Å². The van der Waals surface area contributed by atoms with Crippen LogP contribution < -0.4 is 27.4 Å². The smallest absolute Gasteiger partial charge is 0.337 e. The van der Waals surface area contributed by atoms with Crippen molar-refractivity contribution >= 4 is 34.0 Å². The lowest BCUT2D eigenvalue weighted by Gasteiger charge is -2.21. The van der Waals surface area contributed by atoms with Gasteiger partial charge in [0, 0.05) is 37.0 Å². The monoisotopic (exact) mass is 503 g/mol. The number of rotatable bonds is 5. The highest BCUT2D eigenvalue weighted by Crippen LogP contribution is 2.34. The SMILES string of the molecule is CC(=O)Nc1cccc(Nc2c(C)c(=O)n(C)c3c2c(=O)n(C2CC2)c(=O)n3-c2ccc(C)cc2F)c1. The molecular formula is C27H26FN5O4. The standard InChI is InChI=1S/C27H26FN5O4/c1-14-8-11-21(20(28)12-14)33-24-22(26(36)32(27(33)37)19-9-10-19)23(15(2)25(35)31(24)4)30-18-7-5-6-17(13-18)29-16(3)34/h5-8,11-13,19,30H,9-10H2,1-4H3,(H,29,34). The average molecular weight is 504 g/mol. The van der Waals surface area contributed by atoms with Crippen LogP contribution in [0, 0.1) is 19.7 Å². The summed E-state index contributed by atoms with van der Waals surface area (Å²) in [6.07, 6.45) is 1.31. The molecule has 0 radical (unpaired) electrons. The molecule has 0 saturated heterocycles. The Balaban J connectivity index is 1.88. The van der Waals surface area contributed by atoms with Gasteiger partial charge in [-0.15, -0.1) is 0 Å². The molecule has 1 fully saturated rings. The first-order valence-electron chi connectivity index (χ1n) is 11.9.